The summed E-state index contributed by atoms with van der Waals surface area (Å²) in [7, 11) is 1.77. The van der Waals surface area contributed by atoms with Gasteiger partial charge in [-0.15, -0.1) is 0 Å². The van der Waals surface area contributed by atoms with Crippen LogP contribution in [0.5, 0.6) is 0 Å². The smallest absolute Gasteiger partial charge is 0.345 e. The Morgan fingerprint density at radius 1 is 1.22 bits per heavy atom. The zero-order valence-electron chi connectivity index (χ0n) is 15.2. The van der Waals surface area contributed by atoms with Gasteiger partial charge in [0, 0.05) is 38.5 Å². The molecular weight excluding hydrogens is 346 g/mol. The van der Waals surface area contributed by atoms with Crippen molar-refractivity contribution in [1.29, 1.82) is 0 Å². The fourth-order valence-corrected chi connectivity index (χ4v) is 3.71. The highest BCUT2D eigenvalue weighted by Gasteiger charge is 2.20. The topological polar surface area (TPSA) is 84.5 Å². The zero-order chi connectivity index (χ0) is 19.0. The third kappa shape index (κ3) is 3.09. The maximum absolute atomic E-state index is 12.6. The molecule has 7 heteroatoms. The molecule has 1 aromatic carbocycles. The second-order valence-electron chi connectivity index (χ2n) is 6.83. The Hall–Kier alpha value is -3.09. The molecule has 1 aliphatic heterocycles. The molecule has 27 heavy (non-hydrogen) atoms. The van der Waals surface area contributed by atoms with Gasteiger partial charge in [0.2, 0.25) is 5.91 Å². The molecule has 1 aliphatic rings. The third-order valence-corrected chi connectivity index (χ3v) is 5.09. The monoisotopic (exact) mass is 367 g/mol. The summed E-state index contributed by atoms with van der Waals surface area (Å²) in [5.74, 6) is -0.0569. The maximum Gasteiger partial charge on any atom is 0.345 e. The molecule has 3 heterocycles. The van der Waals surface area contributed by atoms with E-state index in [-0.39, 0.29) is 11.8 Å². The molecule has 1 fully saturated rings. The summed E-state index contributed by atoms with van der Waals surface area (Å²) < 4.78 is 7.08. The number of fused-ring (bicyclic) bond motifs is 3. The minimum absolute atomic E-state index is 0.189. The Balaban J connectivity index is 1.53. The van der Waals surface area contributed by atoms with Crippen LogP contribution in [0.1, 0.15) is 29.8 Å². The predicted octanol–water partition coefficient (Wildman–Crippen LogP) is 2.03. The van der Waals surface area contributed by atoms with Gasteiger partial charge in [-0.05, 0) is 31.0 Å². The Kier molecular flexibility index (Phi) is 4.43. The molecule has 2 amide bonds. The molecule has 1 N–H and O–H groups in total. The van der Waals surface area contributed by atoms with E-state index in [1.54, 1.807) is 29.8 Å². The van der Waals surface area contributed by atoms with Crippen LogP contribution >= 0.6 is 0 Å². The first-order valence-electron chi connectivity index (χ1n) is 9.13. The molecule has 0 radical (unpaired) electrons. The number of aromatic nitrogens is 1. The molecule has 0 bridgehead atoms. The van der Waals surface area contributed by atoms with Crippen molar-refractivity contribution in [3.8, 4) is 0 Å². The highest BCUT2D eigenvalue weighted by atomic mass is 16.4. The number of hydrogen-bond donors (Lipinski definition) is 1. The average Bonchev–Trinajstić information content (AvgIpc) is 3.23. The lowest BCUT2D eigenvalue weighted by molar-refractivity contribution is -0.127. The van der Waals surface area contributed by atoms with Crippen molar-refractivity contribution < 1.29 is 14.0 Å². The minimum atomic E-state index is -0.453. The average molecular weight is 367 g/mol. The molecule has 0 saturated carbocycles. The van der Waals surface area contributed by atoms with E-state index in [0.717, 1.165) is 18.4 Å². The lowest BCUT2D eigenvalue weighted by Gasteiger charge is -2.15. The van der Waals surface area contributed by atoms with Crippen LogP contribution in [0.25, 0.3) is 21.9 Å². The number of nitrogens with zero attached hydrogens (tertiary/aromatic N) is 2. The highest BCUT2D eigenvalue weighted by molar-refractivity contribution is 6.07. The first-order valence-corrected chi connectivity index (χ1v) is 9.13. The van der Waals surface area contributed by atoms with Gasteiger partial charge in [0.25, 0.3) is 5.91 Å². The van der Waals surface area contributed by atoms with Crippen LogP contribution in [0, 0.1) is 0 Å². The Labute approximate surface area is 155 Å². The van der Waals surface area contributed by atoms with E-state index in [1.807, 2.05) is 17.0 Å². The van der Waals surface area contributed by atoms with E-state index in [0.29, 0.717) is 48.1 Å². The van der Waals surface area contributed by atoms with Crippen LogP contribution in [0.2, 0.25) is 0 Å². The Bertz CT molecular complexity index is 1100. The van der Waals surface area contributed by atoms with Gasteiger partial charge in [0.05, 0.1) is 10.9 Å². The molecule has 0 unspecified atom stereocenters. The number of benzene rings is 1. The van der Waals surface area contributed by atoms with Crippen molar-refractivity contribution in [2.45, 2.75) is 19.3 Å². The molecule has 3 aromatic rings. The molecule has 140 valence electrons. The second-order valence-corrected chi connectivity index (χ2v) is 6.83. The Morgan fingerprint density at radius 3 is 2.81 bits per heavy atom. The van der Waals surface area contributed by atoms with Crippen molar-refractivity contribution in [2.24, 2.45) is 7.05 Å². The van der Waals surface area contributed by atoms with Crippen LogP contribution in [-0.4, -0.2) is 40.9 Å². The number of aryl methyl sites for hydroxylation is 1. The van der Waals surface area contributed by atoms with Crippen molar-refractivity contribution >= 4 is 33.7 Å². The molecule has 2 aromatic heterocycles. The van der Waals surface area contributed by atoms with Gasteiger partial charge in [0.1, 0.15) is 11.3 Å². The van der Waals surface area contributed by atoms with Crippen LogP contribution in [0.4, 0.5) is 0 Å². The number of rotatable bonds is 5. The summed E-state index contributed by atoms with van der Waals surface area (Å²) in [5.41, 5.74) is 1.14. The van der Waals surface area contributed by atoms with Crippen LogP contribution in [0.15, 0.2) is 39.5 Å². The summed E-state index contributed by atoms with van der Waals surface area (Å²) in [6.07, 6.45) is 2.24. The number of para-hydroxylation sites is 1. The summed E-state index contributed by atoms with van der Waals surface area (Å²) in [6, 6.07) is 8.86. The lowest BCUT2D eigenvalue weighted by atomic mass is 10.2. The highest BCUT2D eigenvalue weighted by Crippen LogP contribution is 2.25. The minimum Gasteiger partial charge on any atom is -0.422 e. The molecule has 0 atom stereocenters. The van der Waals surface area contributed by atoms with Crippen LogP contribution < -0.4 is 10.9 Å². The van der Waals surface area contributed by atoms with Crippen molar-refractivity contribution in [2.75, 3.05) is 19.6 Å². The van der Waals surface area contributed by atoms with Gasteiger partial charge in [-0.25, -0.2) is 4.79 Å². The molecule has 7 nitrogen and oxygen atoms in total. The van der Waals surface area contributed by atoms with Gasteiger partial charge in [0.15, 0.2) is 0 Å². The molecule has 4 rings (SSSR count). The number of nitrogens with one attached hydrogen (secondary N) is 1. The quantitative estimate of drug-likeness (QED) is 0.552. The maximum atomic E-state index is 12.6. The summed E-state index contributed by atoms with van der Waals surface area (Å²) in [5, 5.41) is 4.06. The fourth-order valence-electron chi connectivity index (χ4n) is 3.71. The van der Waals surface area contributed by atoms with E-state index in [9.17, 15) is 14.4 Å². The van der Waals surface area contributed by atoms with E-state index in [1.165, 1.54) is 0 Å². The van der Waals surface area contributed by atoms with Gasteiger partial charge in [-0.3, -0.25) is 9.59 Å². The predicted molar refractivity (Wildman–Crippen MR) is 102 cm³/mol. The summed E-state index contributed by atoms with van der Waals surface area (Å²) >= 11 is 0. The second kappa shape index (κ2) is 6.90. The van der Waals surface area contributed by atoms with E-state index >= 15 is 0 Å². The zero-order valence-corrected chi connectivity index (χ0v) is 15.2. The number of hydrogen-bond acceptors (Lipinski definition) is 4. The summed E-state index contributed by atoms with van der Waals surface area (Å²) in [4.78, 5) is 38.3. The van der Waals surface area contributed by atoms with Crippen molar-refractivity contribution in [1.82, 2.24) is 14.8 Å². The fraction of sp³-hybridized carbons (Fsp3) is 0.350. The molecule has 0 aliphatic carbocycles. The van der Waals surface area contributed by atoms with Gasteiger partial charge in [-0.2, -0.15) is 0 Å². The van der Waals surface area contributed by atoms with Crippen LogP contribution in [0.3, 0.4) is 0 Å². The van der Waals surface area contributed by atoms with E-state index < -0.39 is 5.63 Å². The van der Waals surface area contributed by atoms with Crippen LogP contribution in [-0.2, 0) is 11.8 Å². The van der Waals surface area contributed by atoms with E-state index in [4.69, 9.17) is 4.42 Å². The number of carbonyl (C=O) groups excluding carboxylic acids is 2. The first-order chi connectivity index (χ1) is 13.1. The number of carbonyl (C=O) groups is 2. The summed E-state index contributed by atoms with van der Waals surface area (Å²) in [6.45, 7) is 1.93. The number of amides is 2. The lowest BCUT2D eigenvalue weighted by Crippen LogP contribution is -2.31. The molecule has 0 spiro atoms. The van der Waals surface area contributed by atoms with Crippen molar-refractivity contribution in [3.63, 3.8) is 0 Å². The van der Waals surface area contributed by atoms with Gasteiger partial charge < -0.3 is 19.2 Å². The largest absolute Gasteiger partial charge is 0.422 e. The van der Waals surface area contributed by atoms with Crippen molar-refractivity contribution in [3.05, 3.63) is 46.4 Å². The number of likely N-dealkylation sites (tertiary alicyclic amines) is 1. The standard InChI is InChI=1S/C20H21N3O4/c1-22-15(19(25)21-9-5-11-23-10-4-8-17(23)24)12-14-18(22)13-6-2-3-7-16(13)27-20(14)26/h2-3,6-7,12H,4-5,8-11H2,1H3,(H,21,25). The third-order valence-electron chi connectivity index (χ3n) is 5.09. The SMILES string of the molecule is Cn1c(C(=O)NCCCN2CCCC2=O)cc2c(=O)oc3ccccc3c21. The molecular formula is C20H21N3O4. The first kappa shape index (κ1) is 17.3. The van der Waals surface area contributed by atoms with Gasteiger partial charge >= 0.3 is 5.63 Å². The molecule has 1 saturated heterocycles. The van der Waals surface area contributed by atoms with Gasteiger partial charge in [-0.1, -0.05) is 12.1 Å². The normalized spacial score (nSPS) is 14.4. The van der Waals surface area contributed by atoms with E-state index in [2.05, 4.69) is 5.32 Å². The Morgan fingerprint density at radius 2 is 2.04 bits per heavy atom.